The highest BCUT2D eigenvalue weighted by atomic mass is 79.9. The van der Waals surface area contributed by atoms with Crippen LogP contribution in [-0.2, 0) is 0 Å². The first kappa shape index (κ1) is 12.0. The molecule has 0 aliphatic heterocycles. The molecule has 1 saturated carbocycles. The molecule has 16 heavy (non-hydrogen) atoms. The fraction of sp³-hybridized carbons (Fsp3) is 0.700. The van der Waals surface area contributed by atoms with Gasteiger partial charge in [-0.05, 0) is 19.3 Å². The van der Waals surface area contributed by atoms with E-state index in [2.05, 4.69) is 21.1 Å². The Balaban J connectivity index is 2.17. The lowest BCUT2D eigenvalue weighted by atomic mass is 10.0. The van der Waals surface area contributed by atoms with Crippen molar-refractivity contribution in [1.82, 2.24) is 5.16 Å². The van der Waals surface area contributed by atoms with Crippen LogP contribution in [-0.4, -0.2) is 16.7 Å². The lowest BCUT2D eigenvalue weighted by molar-refractivity contribution is -0.151. The molecule has 1 atom stereocenters. The van der Waals surface area contributed by atoms with E-state index in [0.29, 0.717) is 17.0 Å². The number of alkyl halides is 4. The zero-order chi connectivity index (χ0) is 11.8. The first-order chi connectivity index (χ1) is 7.52. The van der Waals surface area contributed by atoms with E-state index in [1.54, 1.807) is 0 Å². The van der Waals surface area contributed by atoms with Gasteiger partial charge in [-0.15, -0.1) is 0 Å². The van der Waals surface area contributed by atoms with Crippen LogP contribution in [0.1, 0.15) is 42.6 Å². The summed E-state index contributed by atoms with van der Waals surface area (Å²) in [6.45, 7) is 0. The van der Waals surface area contributed by atoms with Crippen LogP contribution in [0.3, 0.4) is 0 Å². The second-order valence-corrected chi connectivity index (χ2v) is 4.79. The summed E-state index contributed by atoms with van der Waals surface area (Å²) in [6, 6.07) is 1.46. The van der Waals surface area contributed by atoms with Crippen LogP contribution in [0, 0.1) is 0 Å². The largest absolute Gasteiger partial charge is 0.397 e. The monoisotopic (exact) mass is 297 g/mol. The van der Waals surface area contributed by atoms with Crippen LogP contribution in [0.2, 0.25) is 0 Å². The molecule has 1 aromatic rings. The first-order valence-electron chi connectivity index (χ1n) is 5.11. The zero-order valence-electron chi connectivity index (χ0n) is 8.43. The third-order valence-corrected chi connectivity index (χ3v) is 3.13. The molecule has 0 bridgehead atoms. The van der Waals surface area contributed by atoms with Crippen molar-refractivity contribution in [3.63, 3.8) is 0 Å². The van der Waals surface area contributed by atoms with Gasteiger partial charge in [0.2, 0.25) is 0 Å². The lowest BCUT2D eigenvalue weighted by Crippen LogP contribution is -2.21. The maximum Gasteiger partial charge on any atom is 0.397 e. The van der Waals surface area contributed by atoms with E-state index < -0.39 is 12.1 Å². The smallest absolute Gasteiger partial charge is 0.361 e. The molecule has 1 fully saturated rings. The van der Waals surface area contributed by atoms with Gasteiger partial charge < -0.3 is 4.52 Å². The molecule has 0 aromatic carbocycles. The third kappa shape index (κ3) is 2.59. The number of hydrogen-bond donors (Lipinski definition) is 0. The molecule has 0 spiro atoms. The van der Waals surface area contributed by atoms with Gasteiger partial charge in [-0.2, -0.15) is 13.2 Å². The molecule has 1 aliphatic carbocycles. The van der Waals surface area contributed by atoms with Crippen LogP contribution >= 0.6 is 15.9 Å². The highest BCUT2D eigenvalue weighted by Crippen LogP contribution is 2.43. The predicted molar refractivity (Wildman–Crippen MR) is 55.7 cm³/mol. The second kappa shape index (κ2) is 4.39. The van der Waals surface area contributed by atoms with Crippen LogP contribution in [0.4, 0.5) is 13.2 Å². The van der Waals surface area contributed by atoms with Crippen LogP contribution < -0.4 is 0 Å². The van der Waals surface area contributed by atoms with E-state index in [1.807, 2.05) is 0 Å². The van der Waals surface area contributed by atoms with E-state index in [9.17, 15) is 13.2 Å². The quantitative estimate of drug-likeness (QED) is 0.786. The van der Waals surface area contributed by atoms with Gasteiger partial charge in [0.25, 0.3) is 0 Å². The Kier molecular flexibility index (Phi) is 3.28. The molecule has 0 N–H and O–H groups in total. The molecule has 1 aliphatic rings. The van der Waals surface area contributed by atoms with Crippen LogP contribution in [0.25, 0.3) is 0 Å². The summed E-state index contributed by atoms with van der Waals surface area (Å²) in [5.74, 6) is -0.638. The van der Waals surface area contributed by atoms with E-state index in [-0.39, 0.29) is 12.1 Å². The van der Waals surface area contributed by atoms with Crippen molar-refractivity contribution in [2.24, 2.45) is 0 Å². The van der Waals surface area contributed by atoms with Crippen molar-refractivity contribution in [3.8, 4) is 0 Å². The summed E-state index contributed by atoms with van der Waals surface area (Å²) in [4.78, 5) is 0. The fourth-order valence-corrected chi connectivity index (χ4v) is 2.07. The first-order valence-corrected chi connectivity index (χ1v) is 6.23. The van der Waals surface area contributed by atoms with Gasteiger partial charge in [0.15, 0.2) is 0 Å². The normalized spacial score (nSPS) is 18.8. The Morgan fingerprint density at radius 3 is 2.69 bits per heavy atom. The van der Waals surface area contributed by atoms with E-state index in [0.717, 1.165) is 12.8 Å². The number of aromatic nitrogens is 1. The van der Waals surface area contributed by atoms with Crippen molar-refractivity contribution in [1.29, 1.82) is 0 Å². The van der Waals surface area contributed by atoms with E-state index >= 15 is 0 Å². The summed E-state index contributed by atoms with van der Waals surface area (Å²) in [6.07, 6.45) is -2.29. The summed E-state index contributed by atoms with van der Waals surface area (Å²) in [5, 5.41) is 3.84. The standard InChI is InChI=1S/C10H11BrF3NO/c11-4-3-7(10(12,13)14)8-5-9(16-15-8)6-1-2-6/h5-7H,1-4H2. The molecule has 6 heteroatoms. The maximum absolute atomic E-state index is 12.7. The molecular weight excluding hydrogens is 287 g/mol. The Morgan fingerprint density at radius 2 is 2.19 bits per heavy atom. The Morgan fingerprint density at radius 1 is 1.50 bits per heavy atom. The van der Waals surface area contributed by atoms with Crippen molar-refractivity contribution < 1.29 is 17.7 Å². The molecule has 1 unspecified atom stereocenters. The summed E-state index contributed by atoms with van der Waals surface area (Å²) < 4.78 is 43.1. The molecular formula is C10H11BrF3NO. The fourth-order valence-electron chi connectivity index (χ4n) is 1.62. The van der Waals surface area contributed by atoms with Gasteiger partial charge in [0, 0.05) is 17.3 Å². The SMILES string of the molecule is FC(F)(F)C(CCBr)c1cc(C2CC2)on1. The van der Waals surface area contributed by atoms with Crippen LogP contribution in [0.5, 0.6) is 0 Å². The van der Waals surface area contributed by atoms with Gasteiger partial charge in [0.1, 0.15) is 11.7 Å². The zero-order valence-corrected chi connectivity index (χ0v) is 10.0. The average molecular weight is 298 g/mol. The Bertz CT molecular complexity index is 359. The average Bonchev–Trinajstić information content (AvgIpc) is 2.93. The topological polar surface area (TPSA) is 26.0 Å². The molecule has 2 rings (SSSR count). The minimum atomic E-state index is -4.26. The van der Waals surface area contributed by atoms with Crippen molar-refractivity contribution in [3.05, 3.63) is 17.5 Å². The molecule has 2 nitrogen and oxygen atoms in total. The number of halogens is 4. The summed E-state index contributed by atoms with van der Waals surface area (Å²) in [5.41, 5.74) is 0.00819. The second-order valence-electron chi connectivity index (χ2n) is 4.00. The predicted octanol–water partition coefficient (Wildman–Crippen LogP) is 3.98. The minimum Gasteiger partial charge on any atom is -0.361 e. The number of rotatable bonds is 4. The third-order valence-electron chi connectivity index (χ3n) is 2.68. The molecule has 0 saturated heterocycles. The van der Waals surface area contributed by atoms with Crippen molar-refractivity contribution in [2.45, 2.75) is 37.3 Å². The highest BCUT2D eigenvalue weighted by molar-refractivity contribution is 9.09. The molecule has 90 valence electrons. The molecule has 0 amide bonds. The maximum atomic E-state index is 12.7. The van der Waals surface area contributed by atoms with Crippen molar-refractivity contribution in [2.75, 3.05) is 5.33 Å². The van der Waals surface area contributed by atoms with Crippen molar-refractivity contribution >= 4 is 15.9 Å². The van der Waals surface area contributed by atoms with Gasteiger partial charge in [0.05, 0.1) is 5.69 Å². The summed E-state index contributed by atoms with van der Waals surface area (Å²) in [7, 11) is 0. The molecule has 1 aromatic heterocycles. The van der Waals surface area contributed by atoms with Gasteiger partial charge in [-0.1, -0.05) is 21.1 Å². The van der Waals surface area contributed by atoms with Gasteiger partial charge >= 0.3 is 6.18 Å². The minimum absolute atomic E-state index is 0.00819. The van der Waals surface area contributed by atoms with Gasteiger partial charge in [-0.25, -0.2) is 0 Å². The Labute approximate surface area is 99.3 Å². The summed E-state index contributed by atoms with van der Waals surface area (Å²) >= 11 is 3.03. The molecule has 0 radical (unpaired) electrons. The van der Waals surface area contributed by atoms with E-state index in [1.165, 1.54) is 6.07 Å². The Hall–Kier alpha value is -0.520. The van der Waals surface area contributed by atoms with Gasteiger partial charge in [-0.3, -0.25) is 0 Å². The van der Waals surface area contributed by atoms with Crippen LogP contribution in [0.15, 0.2) is 10.6 Å². The number of nitrogens with zero attached hydrogens (tertiary/aromatic N) is 1. The number of hydrogen-bond acceptors (Lipinski definition) is 2. The highest BCUT2D eigenvalue weighted by Gasteiger charge is 2.42. The molecule has 1 heterocycles. The lowest BCUT2D eigenvalue weighted by Gasteiger charge is -2.16. The van der Waals surface area contributed by atoms with E-state index in [4.69, 9.17) is 4.52 Å².